The van der Waals surface area contributed by atoms with E-state index in [0.29, 0.717) is 0 Å². The average molecular weight is 496 g/mol. The third-order valence-electron chi connectivity index (χ3n) is 7.74. The molecule has 0 spiro atoms. The first-order valence-electron chi connectivity index (χ1n) is 13.0. The lowest BCUT2D eigenvalue weighted by Crippen LogP contribution is -2.16. The van der Waals surface area contributed by atoms with Gasteiger partial charge < -0.3 is 8.80 Å². The third-order valence-corrected chi connectivity index (χ3v) is 7.74. The lowest BCUT2D eigenvalue weighted by Gasteiger charge is -2.26. The van der Waals surface area contributed by atoms with Crippen molar-refractivity contribution in [3.63, 3.8) is 0 Å². The second-order valence-corrected chi connectivity index (χ2v) is 10.3. The molecule has 0 aliphatic rings. The Morgan fingerprint density at radius 1 is 0.579 bits per heavy atom. The van der Waals surface area contributed by atoms with E-state index in [2.05, 4.69) is 134 Å². The Labute approximate surface area is 221 Å². The zero-order chi connectivity index (χ0) is 26.1. The van der Waals surface area contributed by atoms with Crippen LogP contribution in [0, 0.1) is 34.6 Å². The molecular weight excluding hydrogens is 466 g/mol. The van der Waals surface area contributed by atoms with E-state index in [0.717, 1.165) is 50.8 Å². The molecule has 0 radical (unpaired) electrons. The van der Waals surface area contributed by atoms with Gasteiger partial charge in [-0.05, 0) is 68.7 Å². The summed E-state index contributed by atoms with van der Waals surface area (Å²) >= 11 is 0. The molecule has 0 saturated carbocycles. The highest BCUT2D eigenvalue weighted by molar-refractivity contribution is 5.97. The van der Waals surface area contributed by atoms with Gasteiger partial charge in [-0.3, -0.25) is 4.90 Å². The van der Waals surface area contributed by atoms with E-state index in [9.17, 15) is 0 Å². The van der Waals surface area contributed by atoms with Gasteiger partial charge in [0.05, 0.1) is 17.1 Å². The van der Waals surface area contributed by atoms with Gasteiger partial charge in [0, 0.05) is 23.2 Å². The maximum Gasteiger partial charge on any atom is 0.161 e. The molecule has 0 saturated heterocycles. The van der Waals surface area contributed by atoms with Crippen LogP contribution in [-0.4, -0.2) is 18.8 Å². The summed E-state index contributed by atoms with van der Waals surface area (Å²) in [4.78, 5) is 12.9. The predicted molar refractivity (Wildman–Crippen MR) is 157 cm³/mol. The minimum absolute atomic E-state index is 0.896. The molecule has 0 unspecified atom stereocenters. The van der Waals surface area contributed by atoms with Crippen LogP contribution in [0.5, 0.6) is 0 Å². The second kappa shape index (κ2) is 8.18. The number of aryl methyl sites for hydroxylation is 5. The number of rotatable bonds is 3. The van der Waals surface area contributed by atoms with Crippen LogP contribution in [0.1, 0.15) is 28.1 Å². The zero-order valence-corrected chi connectivity index (χ0v) is 22.3. The van der Waals surface area contributed by atoms with Crippen molar-refractivity contribution in [1.29, 1.82) is 0 Å². The van der Waals surface area contributed by atoms with Gasteiger partial charge in [-0.1, -0.05) is 66.2 Å². The molecule has 0 amide bonds. The molecular formula is C33H29N5. The van der Waals surface area contributed by atoms with Gasteiger partial charge in [0.25, 0.3) is 0 Å². The highest BCUT2D eigenvalue weighted by atomic mass is 15.3. The van der Waals surface area contributed by atoms with Crippen LogP contribution in [0.25, 0.3) is 32.8 Å². The van der Waals surface area contributed by atoms with Crippen molar-refractivity contribution in [3.05, 3.63) is 113 Å². The van der Waals surface area contributed by atoms with E-state index in [1.165, 1.54) is 27.5 Å². The molecule has 0 bridgehead atoms. The smallest absolute Gasteiger partial charge is 0.161 e. The molecule has 186 valence electrons. The molecule has 4 heterocycles. The Hall–Kier alpha value is -4.64. The Kier molecular flexibility index (Phi) is 4.86. The van der Waals surface area contributed by atoms with Gasteiger partial charge in [0.1, 0.15) is 11.3 Å². The highest BCUT2D eigenvalue weighted by Gasteiger charge is 2.27. The summed E-state index contributed by atoms with van der Waals surface area (Å²) < 4.78 is 4.40. The quantitative estimate of drug-likeness (QED) is 0.247. The fraction of sp³-hybridized carbons (Fsp3) is 0.152. The van der Waals surface area contributed by atoms with Crippen molar-refractivity contribution < 1.29 is 0 Å². The predicted octanol–water partition coefficient (Wildman–Crippen LogP) is 8.30. The van der Waals surface area contributed by atoms with Crippen LogP contribution >= 0.6 is 0 Å². The number of nitrogens with zero attached hydrogens (tertiary/aromatic N) is 5. The van der Waals surface area contributed by atoms with Crippen LogP contribution in [-0.2, 0) is 0 Å². The van der Waals surface area contributed by atoms with E-state index in [4.69, 9.17) is 9.97 Å². The lowest BCUT2D eigenvalue weighted by molar-refractivity contribution is 1.07. The number of pyridine rings is 2. The van der Waals surface area contributed by atoms with Gasteiger partial charge in [-0.25, -0.2) is 9.97 Å². The SMILES string of the molecule is Cc1cc(C)c(N(c2nc3c4ccccc4ccn3c2C)c2nc3c4ccccc4ccn3c2C)c(C)c1. The molecule has 38 heavy (non-hydrogen) atoms. The minimum atomic E-state index is 0.896. The molecule has 7 rings (SSSR count). The van der Waals surface area contributed by atoms with Gasteiger partial charge in [-0.2, -0.15) is 0 Å². The van der Waals surface area contributed by atoms with E-state index in [1.54, 1.807) is 0 Å². The topological polar surface area (TPSA) is 37.8 Å². The molecule has 0 atom stereocenters. The number of anilines is 3. The summed E-state index contributed by atoms with van der Waals surface area (Å²) in [7, 11) is 0. The molecule has 7 aromatic rings. The summed E-state index contributed by atoms with van der Waals surface area (Å²) in [6.07, 6.45) is 4.25. The standard InChI is InChI=1S/C33H29N5/c1-20-18-21(2)29(22(3)19-20)38(30-23(4)36-16-14-25-10-6-8-12-27(25)32(36)34-30)31-24(5)37-17-15-26-11-7-9-13-28(26)33(37)35-31/h6-19H,1-5H3. The van der Waals surface area contributed by atoms with E-state index in [-0.39, 0.29) is 0 Å². The fourth-order valence-corrected chi connectivity index (χ4v) is 6.01. The minimum Gasteiger partial charge on any atom is -0.302 e. The van der Waals surface area contributed by atoms with E-state index in [1.807, 2.05) is 0 Å². The van der Waals surface area contributed by atoms with Crippen LogP contribution < -0.4 is 4.90 Å². The van der Waals surface area contributed by atoms with Crippen molar-refractivity contribution >= 4 is 50.2 Å². The highest BCUT2D eigenvalue weighted by Crippen LogP contribution is 2.42. The molecule has 0 aliphatic heterocycles. The van der Waals surface area contributed by atoms with Crippen LogP contribution in [0.15, 0.2) is 85.2 Å². The van der Waals surface area contributed by atoms with Gasteiger partial charge in [-0.15, -0.1) is 0 Å². The number of benzene rings is 3. The number of aromatic nitrogens is 4. The Morgan fingerprint density at radius 3 is 1.50 bits per heavy atom. The molecule has 5 heteroatoms. The summed E-state index contributed by atoms with van der Waals surface area (Å²) in [5, 5.41) is 4.64. The molecule has 0 fully saturated rings. The maximum absolute atomic E-state index is 5.31. The second-order valence-electron chi connectivity index (χ2n) is 10.3. The summed E-state index contributed by atoms with van der Waals surface area (Å²) in [5.41, 5.74) is 8.83. The normalized spacial score (nSPS) is 11.8. The molecule has 4 aromatic heterocycles. The lowest BCUT2D eigenvalue weighted by atomic mass is 10.0. The Bertz CT molecular complexity index is 1900. The number of hydrogen-bond acceptors (Lipinski definition) is 3. The largest absolute Gasteiger partial charge is 0.302 e. The average Bonchev–Trinajstić information content (AvgIpc) is 3.43. The van der Waals surface area contributed by atoms with Crippen LogP contribution in [0.4, 0.5) is 17.3 Å². The molecule has 0 N–H and O–H groups in total. The van der Waals surface area contributed by atoms with E-state index >= 15 is 0 Å². The molecule has 3 aromatic carbocycles. The first-order chi connectivity index (χ1) is 18.4. The van der Waals surface area contributed by atoms with Gasteiger partial charge >= 0.3 is 0 Å². The van der Waals surface area contributed by atoms with Gasteiger partial charge in [0.15, 0.2) is 11.6 Å². The van der Waals surface area contributed by atoms with Crippen molar-refractivity contribution in [1.82, 2.24) is 18.8 Å². The summed E-state index contributed by atoms with van der Waals surface area (Å²) in [6, 6.07) is 25.7. The van der Waals surface area contributed by atoms with Crippen molar-refractivity contribution in [3.8, 4) is 0 Å². The van der Waals surface area contributed by atoms with Crippen LogP contribution in [0.2, 0.25) is 0 Å². The molecule has 0 aliphatic carbocycles. The fourth-order valence-electron chi connectivity index (χ4n) is 6.01. The van der Waals surface area contributed by atoms with Crippen molar-refractivity contribution in [2.24, 2.45) is 0 Å². The monoisotopic (exact) mass is 495 g/mol. The summed E-state index contributed by atoms with van der Waals surface area (Å²) in [5.74, 6) is 1.79. The zero-order valence-electron chi connectivity index (χ0n) is 22.3. The Morgan fingerprint density at radius 2 is 1.03 bits per heavy atom. The Balaban J connectivity index is 1.59. The number of fused-ring (bicyclic) bond motifs is 6. The summed E-state index contributed by atoms with van der Waals surface area (Å²) in [6.45, 7) is 10.8. The number of hydrogen-bond donors (Lipinski definition) is 0. The van der Waals surface area contributed by atoms with Gasteiger partial charge in [0.2, 0.25) is 0 Å². The van der Waals surface area contributed by atoms with Crippen molar-refractivity contribution in [2.75, 3.05) is 4.90 Å². The molecule has 5 nitrogen and oxygen atoms in total. The third kappa shape index (κ3) is 3.18. The first kappa shape index (κ1) is 22.5. The first-order valence-corrected chi connectivity index (χ1v) is 13.0. The number of imidazole rings is 2. The van der Waals surface area contributed by atoms with Crippen LogP contribution in [0.3, 0.4) is 0 Å². The maximum atomic E-state index is 5.31. The van der Waals surface area contributed by atoms with Crippen molar-refractivity contribution in [2.45, 2.75) is 34.6 Å². The van der Waals surface area contributed by atoms with E-state index < -0.39 is 0 Å².